The predicted molar refractivity (Wildman–Crippen MR) is 94.7 cm³/mol. The van der Waals surface area contributed by atoms with Crippen LogP contribution in [0.1, 0.15) is 30.7 Å². The van der Waals surface area contributed by atoms with Crippen molar-refractivity contribution in [3.05, 3.63) is 17.6 Å². The molecule has 2 saturated heterocycles. The fourth-order valence-corrected chi connectivity index (χ4v) is 3.30. The number of ether oxygens (including phenoxy) is 2. The zero-order chi connectivity index (χ0) is 17.6. The molecule has 0 aliphatic carbocycles. The first kappa shape index (κ1) is 18.1. The van der Waals surface area contributed by atoms with Gasteiger partial charge in [0.25, 0.3) is 0 Å². The molecule has 1 aromatic rings. The van der Waals surface area contributed by atoms with Gasteiger partial charge in [-0.3, -0.25) is 9.78 Å². The highest BCUT2D eigenvalue weighted by molar-refractivity contribution is 5.77. The molecule has 2 fully saturated rings. The summed E-state index contributed by atoms with van der Waals surface area (Å²) in [7, 11) is 0. The van der Waals surface area contributed by atoms with Gasteiger partial charge in [-0.2, -0.15) is 0 Å². The van der Waals surface area contributed by atoms with Gasteiger partial charge in [0.05, 0.1) is 24.1 Å². The molecule has 3 rings (SSSR count). The van der Waals surface area contributed by atoms with E-state index < -0.39 is 0 Å². The van der Waals surface area contributed by atoms with E-state index in [1.165, 1.54) is 6.42 Å². The van der Waals surface area contributed by atoms with Crippen LogP contribution in [0, 0.1) is 13.8 Å². The summed E-state index contributed by atoms with van der Waals surface area (Å²) in [6.45, 7) is 8.32. The quantitative estimate of drug-likeness (QED) is 0.800. The molecule has 2 aliphatic rings. The molecule has 0 saturated carbocycles. The number of carbonyl (C=O) groups excluding carboxylic acids is 1. The number of hydrogen-bond acceptors (Lipinski definition) is 6. The van der Waals surface area contributed by atoms with E-state index in [2.05, 4.69) is 14.9 Å². The van der Waals surface area contributed by atoms with Gasteiger partial charge < -0.3 is 19.3 Å². The molecule has 0 unspecified atom stereocenters. The highest BCUT2D eigenvalue weighted by Crippen LogP contribution is 2.17. The minimum atomic E-state index is 0.0579. The minimum absolute atomic E-state index is 0.0579. The Hall–Kier alpha value is -1.73. The van der Waals surface area contributed by atoms with Gasteiger partial charge >= 0.3 is 0 Å². The van der Waals surface area contributed by atoms with Gasteiger partial charge in [0.1, 0.15) is 12.4 Å². The topological polar surface area (TPSA) is 67.8 Å². The predicted octanol–water partition coefficient (Wildman–Crippen LogP) is 1.33. The SMILES string of the molecule is Cc1cnc(C)c(N2CCN(C(=O)COC[C@@H]3CCCCO3)CC2)n1. The van der Waals surface area contributed by atoms with Crippen LogP contribution in [0.2, 0.25) is 0 Å². The molecule has 0 N–H and O–H groups in total. The van der Waals surface area contributed by atoms with E-state index in [0.717, 1.165) is 49.7 Å². The fraction of sp³-hybridized carbons (Fsp3) is 0.722. The number of aromatic nitrogens is 2. The first-order valence-electron chi connectivity index (χ1n) is 9.16. The Bertz CT molecular complexity index is 582. The minimum Gasteiger partial charge on any atom is -0.376 e. The van der Waals surface area contributed by atoms with E-state index in [0.29, 0.717) is 19.7 Å². The monoisotopic (exact) mass is 348 g/mol. The number of piperazine rings is 1. The Morgan fingerprint density at radius 2 is 2.08 bits per heavy atom. The highest BCUT2D eigenvalue weighted by Gasteiger charge is 2.23. The Morgan fingerprint density at radius 1 is 1.28 bits per heavy atom. The molecule has 1 atom stereocenters. The number of aryl methyl sites for hydroxylation is 2. The first-order valence-corrected chi connectivity index (χ1v) is 9.16. The Labute approximate surface area is 149 Å². The Balaban J connectivity index is 1.42. The number of nitrogens with zero attached hydrogens (tertiary/aromatic N) is 4. The maximum atomic E-state index is 12.3. The molecular weight excluding hydrogens is 320 g/mol. The van der Waals surface area contributed by atoms with Gasteiger partial charge in [-0.05, 0) is 33.1 Å². The molecule has 0 spiro atoms. The number of anilines is 1. The third-order valence-corrected chi connectivity index (χ3v) is 4.79. The molecule has 7 nitrogen and oxygen atoms in total. The van der Waals surface area contributed by atoms with Gasteiger partial charge in [0.15, 0.2) is 0 Å². The first-order chi connectivity index (χ1) is 12.1. The molecule has 0 aromatic carbocycles. The van der Waals surface area contributed by atoms with E-state index in [1.807, 2.05) is 18.7 Å². The molecule has 0 radical (unpaired) electrons. The number of hydrogen-bond donors (Lipinski definition) is 0. The van der Waals surface area contributed by atoms with E-state index in [9.17, 15) is 4.79 Å². The molecular formula is C18H28N4O3. The number of carbonyl (C=O) groups is 1. The van der Waals surface area contributed by atoms with Crippen LogP contribution in [0.4, 0.5) is 5.82 Å². The van der Waals surface area contributed by atoms with Crippen LogP contribution in [-0.2, 0) is 14.3 Å². The summed E-state index contributed by atoms with van der Waals surface area (Å²) in [5, 5.41) is 0. The average molecular weight is 348 g/mol. The molecule has 3 heterocycles. The molecule has 0 bridgehead atoms. The summed E-state index contributed by atoms with van der Waals surface area (Å²) in [6.07, 6.45) is 5.28. The smallest absolute Gasteiger partial charge is 0.248 e. The van der Waals surface area contributed by atoms with Gasteiger partial charge in [0.2, 0.25) is 5.91 Å². The lowest BCUT2D eigenvalue weighted by Gasteiger charge is -2.36. The standard InChI is InChI=1S/C18H28N4O3/c1-14-11-19-15(2)18(20-14)22-8-6-21(7-9-22)17(23)13-24-12-16-5-3-4-10-25-16/h11,16H,3-10,12-13H2,1-2H3/t16-/m0/s1. The highest BCUT2D eigenvalue weighted by atomic mass is 16.5. The normalized spacial score (nSPS) is 21.4. The summed E-state index contributed by atoms with van der Waals surface area (Å²) < 4.78 is 11.2. The third kappa shape index (κ3) is 4.89. The van der Waals surface area contributed by atoms with E-state index in [4.69, 9.17) is 9.47 Å². The van der Waals surface area contributed by atoms with Crippen LogP contribution >= 0.6 is 0 Å². The third-order valence-electron chi connectivity index (χ3n) is 4.79. The van der Waals surface area contributed by atoms with Crippen molar-refractivity contribution in [2.45, 2.75) is 39.2 Å². The molecule has 25 heavy (non-hydrogen) atoms. The molecule has 1 aromatic heterocycles. The lowest BCUT2D eigenvalue weighted by atomic mass is 10.1. The lowest BCUT2D eigenvalue weighted by molar-refractivity contribution is -0.138. The van der Waals surface area contributed by atoms with Crippen molar-refractivity contribution >= 4 is 11.7 Å². The second-order valence-corrected chi connectivity index (χ2v) is 6.79. The van der Waals surface area contributed by atoms with Gasteiger partial charge in [-0.15, -0.1) is 0 Å². The van der Waals surface area contributed by atoms with Crippen molar-refractivity contribution in [3.8, 4) is 0 Å². The second kappa shape index (κ2) is 8.58. The van der Waals surface area contributed by atoms with Crippen molar-refractivity contribution in [3.63, 3.8) is 0 Å². The van der Waals surface area contributed by atoms with Gasteiger partial charge in [-0.25, -0.2) is 4.98 Å². The van der Waals surface area contributed by atoms with Crippen molar-refractivity contribution < 1.29 is 14.3 Å². The summed E-state index contributed by atoms with van der Waals surface area (Å²) in [5.74, 6) is 0.986. The molecule has 7 heteroatoms. The summed E-state index contributed by atoms with van der Waals surface area (Å²) >= 11 is 0. The van der Waals surface area contributed by atoms with Gasteiger partial charge in [0, 0.05) is 39.0 Å². The zero-order valence-corrected chi connectivity index (χ0v) is 15.2. The number of amides is 1. The van der Waals surface area contributed by atoms with Crippen LogP contribution in [0.15, 0.2) is 6.20 Å². The largest absolute Gasteiger partial charge is 0.376 e. The van der Waals surface area contributed by atoms with E-state index in [1.54, 1.807) is 6.20 Å². The van der Waals surface area contributed by atoms with Crippen LogP contribution in [0.5, 0.6) is 0 Å². The molecule has 1 amide bonds. The summed E-state index contributed by atoms with van der Waals surface area (Å²) in [5.41, 5.74) is 1.85. The zero-order valence-electron chi connectivity index (χ0n) is 15.2. The summed E-state index contributed by atoms with van der Waals surface area (Å²) in [6, 6.07) is 0. The van der Waals surface area contributed by atoms with Crippen LogP contribution < -0.4 is 4.90 Å². The fourth-order valence-electron chi connectivity index (χ4n) is 3.30. The van der Waals surface area contributed by atoms with Gasteiger partial charge in [-0.1, -0.05) is 0 Å². The maximum Gasteiger partial charge on any atom is 0.248 e. The molecule has 138 valence electrons. The number of rotatable bonds is 5. The van der Waals surface area contributed by atoms with Crippen molar-refractivity contribution in [1.29, 1.82) is 0 Å². The Kier molecular flexibility index (Phi) is 6.20. The molecule has 2 aliphatic heterocycles. The Morgan fingerprint density at radius 3 is 2.80 bits per heavy atom. The second-order valence-electron chi connectivity index (χ2n) is 6.79. The van der Waals surface area contributed by atoms with E-state index >= 15 is 0 Å². The van der Waals surface area contributed by atoms with Crippen molar-refractivity contribution in [1.82, 2.24) is 14.9 Å². The summed E-state index contributed by atoms with van der Waals surface area (Å²) in [4.78, 5) is 25.4. The van der Waals surface area contributed by atoms with Crippen LogP contribution in [0.25, 0.3) is 0 Å². The average Bonchev–Trinajstić information content (AvgIpc) is 2.65. The van der Waals surface area contributed by atoms with Crippen molar-refractivity contribution in [2.24, 2.45) is 0 Å². The van der Waals surface area contributed by atoms with Crippen LogP contribution in [-0.4, -0.2) is 72.9 Å². The van der Waals surface area contributed by atoms with Crippen LogP contribution in [0.3, 0.4) is 0 Å². The van der Waals surface area contributed by atoms with Crippen molar-refractivity contribution in [2.75, 3.05) is 50.9 Å². The maximum absolute atomic E-state index is 12.3. The van der Waals surface area contributed by atoms with E-state index in [-0.39, 0.29) is 18.6 Å². The lowest BCUT2D eigenvalue weighted by Crippen LogP contribution is -2.50.